The Morgan fingerprint density at radius 1 is 1.04 bits per heavy atom. The summed E-state index contributed by atoms with van der Waals surface area (Å²) >= 11 is 0. The van der Waals surface area contributed by atoms with Gasteiger partial charge in [0.15, 0.2) is 0 Å². The van der Waals surface area contributed by atoms with Crippen molar-refractivity contribution in [3.8, 4) is 0 Å². The predicted molar refractivity (Wildman–Crippen MR) is 92.5 cm³/mol. The zero-order valence-electron chi connectivity index (χ0n) is 13.8. The number of nitrogens with zero attached hydrogens (tertiary/aromatic N) is 4. The zero-order chi connectivity index (χ0) is 16.4. The van der Waals surface area contributed by atoms with E-state index in [9.17, 15) is 4.79 Å². The van der Waals surface area contributed by atoms with E-state index >= 15 is 0 Å². The summed E-state index contributed by atoms with van der Waals surface area (Å²) in [5.74, 6) is 1.07. The second-order valence-corrected chi connectivity index (χ2v) is 6.61. The summed E-state index contributed by atoms with van der Waals surface area (Å²) in [6.07, 6.45) is 6.45. The van der Waals surface area contributed by atoms with Crippen LogP contribution in [0.3, 0.4) is 0 Å². The van der Waals surface area contributed by atoms with E-state index in [2.05, 4.69) is 39.1 Å². The van der Waals surface area contributed by atoms with E-state index in [1.165, 1.54) is 11.1 Å². The molecule has 3 heterocycles. The molecule has 2 aliphatic heterocycles. The molecule has 4 rings (SSSR count). The highest BCUT2D eigenvalue weighted by Crippen LogP contribution is 2.25. The molecule has 2 aromatic rings. The summed E-state index contributed by atoms with van der Waals surface area (Å²) in [6, 6.07) is 10.3. The van der Waals surface area contributed by atoms with Crippen molar-refractivity contribution in [3.63, 3.8) is 0 Å². The Morgan fingerprint density at radius 2 is 1.83 bits per heavy atom. The van der Waals surface area contributed by atoms with Crippen molar-refractivity contribution in [3.05, 3.63) is 53.9 Å². The average Bonchev–Trinajstić information content (AvgIpc) is 2.68. The summed E-state index contributed by atoms with van der Waals surface area (Å²) in [4.78, 5) is 25.8. The third kappa shape index (κ3) is 2.98. The summed E-state index contributed by atoms with van der Waals surface area (Å²) in [6.45, 7) is 3.22. The van der Waals surface area contributed by atoms with Crippen LogP contribution in [0.15, 0.2) is 42.7 Å². The number of benzene rings is 1. The Balaban J connectivity index is 1.45. The molecule has 0 saturated carbocycles. The minimum Gasteiger partial charge on any atom is -0.340 e. The van der Waals surface area contributed by atoms with Gasteiger partial charge in [-0.25, -0.2) is 9.97 Å². The van der Waals surface area contributed by atoms with Crippen molar-refractivity contribution in [2.45, 2.75) is 25.8 Å². The third-order valence-corrected chi connectivity index (χ3v) is 5.05. The fraction of sp³-hybridized carbons (Fsp3) is 0.421. The van der Waals surface area contributed by atoms with Crippen LogP contribution in [0.2, 0.25) is 0 Å². The van der Waals surface area contributed by atoms with Gasteiger partial charge in [-0.05, 0) is 36.5 Å². The second-order valence-electron chi connectivity index (χ2n) is 6.61. The van der Waals surface area contributed by atoms with Gasteiger partial charge in [-0.1, -0.05) is 24.3 Å². The van der Waals surface area contributed by atoms with Crippen LogP contribution in [0.25, 0.3) is 0 Å². The lowest BCUT2D eigenvalue weighted by molar-refractivity contribution is -0.136. The van der Waals surface area contributed by atoms with Crippen molar-refractivity contribution in [2.24, 2.45) is 5.92 Å². The predicted octanol–water partition coefficient (Wildman–Crippen LogP) is 2.28. The largest absolute Gasteiger partial charge is 0.340 e. The molecular formula is C19H22N4O. The van der Waals surface area contributed by atoms with E-state index in [1.807, 2.05) is 11.0 Å². The first-order chi connectivity index (χ1) is 11.8. The van der Waals surface area contributed by atoms with Gasteiger partial charge >= 0.3 is 0 Å². The maximum absolute atomic E-state index is 13.0. The Bertz CT molecular complexity index is 718. The van der Waals surface area contributed by atoms with E-state index in [0.717, 1.165) is 51.4 Å². The molecule has 1 fully saturated rings. The Morgan fingerprint density at radius 3 is 2.67 bits per heavy atom. The maximum Gasteiger partial charge on any atom is 0.227 e. The molecule has 0 bridgehead atoms. The van der Waals surface area contributed by atoms with Gasteiger partial charge in [0.2, 0.25) is 11.9 Å². The highest BCUT2D eigenvalue weighted by atomic mass is 16.2. The monoisotopic (exact) mass is 322 g/mol. The van der Waals surface area contributed by atoms with Gasteiger partial charge in [-0.15, -0.1) is 0 Å². The molecule has 0 aliphatic carbocycles. The second kappa shape index (κ2) is 6.59. The van der Waals surface area contributed by atoms with Crippen molar-refractivity contribution in [1.82, 2.24) is 14.9 Å². The highest BCUT2D eigenvalue weighted by molar-refractivity contribution is 5.80. The number of fused-ring (bicyclic) bond motifs is 1. The van der Waals surface area contributed by atoms with Gasteiger partial charge in [0.25, 0.3) is 0 Å². The molecule has 24 heavy (non-hydrogen) atoms. The normalized spacial score (nSPS) is 20.6. The van der Waals surface area contributed by atoms with Crippen LogP contribution < -0.4 is 4.90 Å². The molecule has 1 atom stereocenters. The molecule has 1 aromatic heterocycles. The lowest BCUT2D eigenvalue weighted by Gasteiger charge is -2.36. The van der Waals surface area contributed by atoms with Crippen LogP contribution in [0.4, 0.5) is 5.95 Å². The Labute approximate surface area is 142 Å². The van der Waals surface area contributed by atoms with Crippen molar-refractivity contribution in [2.75, 3.05) is 24.5 Å². The minimum absolute atomic E-state index is 0.0489. The SMILES string of the molecule is O=C([C@H]1CCCN(c2ncccn2)C1)N1CCc2ccccc2C1. The molecule has 1 saturated heterocycles. The average molecular weight is 322 g/mol. The van der Waals surface area contributed by atoms with E-state index in [1.54, 1.807) is 12.4 Å². The minimum atomic E-state index is 0.0489. The summed E-state index contributed by atoms with van der Waals surface area (Å²) in [5.41, 5.74) is 2.67. The van der Waals surface area contributed by atoms with Crippen molar-refractivity contribution in [1.29, 1.82) is 0 Å². The molecule has 1 aromatic carbocycles. The molecule has 0 radical (unpaired) electrons. The number of amides is 1. The van der Waals surface area contributed by atoms with E-state index in [4.69, 9.17) is 0 Å². The van der Waals surface area contributed by atoms with E-state index in [-0.39, 0.29) is 11.8 Å². The van der Waals surface area contributed by atoms with Crippen molar-refractivity contribution >= 4 is 11.9 Å². The van der Waals surface area contributed by atoms with Crippen LogP contribution in [0, 0.1) is 5.92 Å². The summed E-state index contributed by atoms with van der Waals surface area (Å²) < 4.78 is 0. The molecule has 0 N–H and O–H groups in total. The summed E-state index contributed by atoms with van der Waals surface area (Å²) in [5, 5.41) is 0. The van der Waals surface area contributed by atoms with Crippen LogP contribution in [-0.4, -0.2) is 40.4 Å². The molecule has 1 amide bonds. The number of anilines is 1. The molecule has 0 spiro atoms. The molecule has 0 unspecified atom stereocenters. The number of carbonyl (C=O) groups is 1. The van der Waals surface area contributed by atoms with Crippen LogP contribution in [0.1, 0.15) is 24.0 Å². The highest BCUT2D eigenvalue weighted by Gasteiger charge is 2.31. The smallest absolute Gasteiger partial charge is 0.227 e. The Kier molecular flexibility index (Phi) is 4.15. The number of hydrogen-bond acceptors (Lipinski definition) is 4. The van der Waals surface area contributed by atoms with E-state index in [0.29, 0.717) is 0 Å². The number of rotatable bonds is 2. The first-order valence-corrected chi connectivity index (χ1v) is 8.69. The van der Waals surface area contributed by atoms with Crippen molar-refractivity contribution < 1.29 is 4.79 Å². The third-order valence-electron chi connectivity index (χ3n) is 5.05. The maximum atomic E-state index is 13.0. The zero-order valence-corrected chi connectivity index (χ0v) is 13.8. The van der Waals surface area contributed by atoms with Crippen LogP contribution in [-0.2, 0) is 17.8 Å². The van der Waals surface area contributed by atoms with Gasteiger partial charge in [-0.3, -0.25) is 4.79 Å². The standard InChI is InChI=1S/C19H22N4O/c24-18(22-12-8-15-5-1-2-6-16(15)13-22)17-7-3-11-23(14-17)19-20-9-4-10-21-19/h1-2,4-6,9-10,17H,3,7-8,11-14H2/t17-/m0/s1. The number of hydrogen-bond donors (Lipinski definition) is 0. The first-order valence-electron chi connectivity index (χ1n) is 8.69. The van der Waals surface area contributed by atoms with Gasteiger partial charge in [0.05, 0.1) is 5.92 Å². The molecular weight excluding hydrogens is 300 g/mol. The molecule has 124 valence electrons. The van der Waals surface area contributed by atoms with Gasteiger partial charge in [0.1, 0.15) is 0 Å². The number of piperidine rings is 1. The lowest BCUT2D eigenvalue weighted by Crippen LogP contribution is -2.46. The summed E-state index contributed by atoms with van der Waals surface area (Å²) in [7, 11) is 0. The topological polar surface area (TPSA) is 49.3 Å². The van der Waals surface area contributed by atoms with Gasteiger partial charge < -0.3 is 9.80 Å². The Hall–Kier alpha value is -2.43. The van der Waals surface area contributed by atoms with Crippen LogP contribution in [0.5, 0.6) is 0 Å². The van der Waals surface area contributed by atoms with Crippen LogP contribution >= 0.6 is 0 Å². The fourth-order valence-corrected chi connectivity index (χ4v) is 3.76. The van der Waals surface area contributed by atoms with Gasteiger partial charge in [0, 0.05) is 38.6 Å². The first kappa shape index (κ1) is 15.1. The number of carbonyl (C=O) groups excluding carboxylic acids is 1. The molecule has 5 nitrogen and oxygen atoms in total. The fourth-order valence-electron chi connectivity index (χ4n) is 3.76. The molecule has 5 heteroatoms. The number of aromatic nitrogens is 2. The van der Waals surface area contributed by atoms with Gasteiger partial charge in [-0.2, -0.15) is 0 Å². The lowest BCUT2D eigenvalue weighted by atomic mass is 9.94. The van der Waals surface area contributed by atoms with E-state index < -0.39 is 0 Å². The quantitative estimate of drug-likeness (QED) is 0.851. The molecule has 2 aliphatic rings.